The normalized spacial score (nSPS) is 9.88. The average Bonchev–Trinajstić information content (AvgIpc) is 2.65. The van der Waals surface area contributed by atoms with Crippen LogP contribution in [0.1, 0.15) is 5.69 Å². The molecule has 0 unspecified atom stereocenters. The van der Waals surface area contributed by atoms with Crippen molar-refractivity contribution in [1.29, 1.82) is 0 Å². The van der Waals surface area contributed by atoms with Crippen molar-refractivity contribution in [2.24, 2.45) is 0 Å². The number of rotatable bonds is 4. The first-order valence-electron chi connectivity index (χ1n) is 4.53. The Balaban J connectivity index is 2.46. The van der Waals surface area contributed by atoms with Crippen molar-refractivity contribution in [1.82, 2.24) is 20.3 Å². The SMILES string of the molecule is COC(=O)NC(=O)Cn1cc(CCO)nn1. The number of ether oxygens (including phenoxy) is 1. The molecule has 0 aromatic carbocycles. The second kappa shape index (κ2) is 5.81. The van der Waals surface area contributed by atoms with E-state index in [1.165, 1.54) is 10.9 Å². The van der Waals surface area contributed by atoms with Gasteiger partial charge in [0.1, 0.15) is 6.54 Å². The number of hydrogen-bond acceptors (Lipinski definition) is 6. The van der Waals surface area contributed by atoms with Gasteiger partial charge < -0.3 is 9.84 Å². The number of aliphatic hydroxyl groups is 1. The van der Waals surface area contributed by atoms with Crippen LogP contribution in [0, 0.1) is 0 Å². The molecule has 88 valence electrons. The molecule has 1 aromatic rings. The van der Waals surface area contributed by atoms with E-state index >= 15 is 0 Å². The van der Waals surface area contributed by atoms with Gasteiger partial charge in [0.05, 0.1) is 12.8 Å². The zero-order chi connectivity index (χ0) is 12.0. The van der Waals surface area contributed by atoms with Gasteiger partial charge in [0.15, 0.2) is 0 Å². The largest absolute Gasteiger partial charge is 0.453 e. The van der Waals surface area contributed by atoms with Gasteiger partial charge in [0.25, 0.3) is 5.91 Å². The Morgan fingerprint density at radius 3 is 3.00 bits per heavy atom. The van der Waals surface area contributed by atoms with Crippen LogP contribution in [-0.2, 0) is 22.5 Å². The van der Waals surface area contributed by atoms with Crippen LogP contribution in [0.3, 0.4) is 0 Å². The van der Waals surface area contributed by atoms with Crippen molar-refractivity contribution in [3.05, 3.63) is 11.9 Å². The summed E-state index contributed by atoms with van der Waals surface area (Å²) < 4.78 is 5.52. The quantitative estimate of drug-likeness (QED) is 0.663. The molecule has 1 rings (SSSR count). The van der Waals surface area contributed by atoms with Gasteiger partial charge >= 0.3 is 6.09 Å². The third-order valence-electron chi connectivity index (χ3n) is 1.69. The third kappa shape index (κ3) is 3.65. The molecule has 0 saturated carbocycles. The Labute approximate surface area is 91.2 Å². The maximum atomic E-state index is 11.2. The smallest absolute Gasteiger partial charge is 0.413 e. The van der Waals surface area contributed by atoms with Crippen LogP contribution in [0.25, 0.3) is 0 Å². The lowest BCUT2D eigenvalue weighted by Crippen LogP contribution is -2.33. The Hall–Kier alpha value is -1.96. The van der Waals surface area contributed by atoms with Crippen molar-refractivity contribution in [2.75, 3.05) is 13.7 Å². The molecule has 0 aliphatic rings. The van der Waals surface area contributed by atoms with Crippen molar-refractivity contribution in [3.63, 3.8) is 0 Å². The highest BCUT2D eigenvalue weighted by Gasteiger charge is 2.09. The summed E-state index contributed by atoms with van der Waals surface area (Å²) in [5, 5.41) is 18.0. The van der Waals surface area contributed by atoms with Gasteiger partial charge in [-0.05, 0) is 0 Å². The molecule has 16 heavy (non-hydrogen) atoms. The van der Waals surface area contributed by atoms with Crippen LogP contribution in [0.4, 0.5) is 4.79 Å². The monoisotopic (exact) mass is 228 g/mol. The first kappa shape index (κ1) is 12.1. The number of aliphatic hydroxyl groups excluding tert-OH is 1. The van der Waals surface area contributed by atoms with Crippen molar-refractivity contribution in [3.8, 4) is 0 Å². The number of methoxy groups -OCH3 is 1. The minimum Gasteiger partial charge on any atom is -0.453 e. The van der Waals surface area contributed by atoms with Crippen molar-refractivity contribution >= 4 is 12.0 Å². The number of nitrogens with zero attached hydrogens (tertiary/aromatic N) is 3. The van der Waals surface area contributed by atoms with Gasteiger partial charge in [-0.15, -0.1) is 5.10 Å². The molecule has 0 aliphatic heterocycles. The van der Waals surface area contributed by atoms with Crippen molar-refractivity contribution in [2.45, 2.75) is 13.0 Å². The maximum absolute atomic E-state index is 11.2. The molecular formula is C8H12N4O4. The van der Waals surface area contributed by atoms with Gasteiger partial charge in [0, 0.05) is 19.2 Å². The number of amides is 2. The van der Waals surface area contributed by atoms with Crippen LogP contribution < -0.4 is 5.32 Å². The molecular weight excluding hydrogens is 216 g/mol. The molecule has 0 radical (unpaired) electrons. The second-order valence-electron chi connectivity index (χ2n) is 2.92. The maximum Gasteiger partial charge on any atom is 0.413 e. The van der Waals surface area contributed by atoms with E-state index < -0.39 is 12.0 Å². The van der Waals surface area contributed by atoms with E-state index in [1.807, 2.05) is 5.32 Å². The molecule has 1 heterocycles. The number of carbonyl (C=O) groups excluding carboxylic acids is 2. The average molecular weight is 228 g/mol. The van der Waals surface area contributed by atoms with E-state index in [2.05, 4.69) is 15.0 Å². The molecule has 8 heteroatoms. The lowest BCUT2D eigenvalue weighted by Gasteiger charge is -2.01. The number of imide groups is 1. The molecule has 0 bridgehead atoms. The predicted octanol–water partition coefficient (Wildman–Crippen LogP) is -1.30. The van der Waals surface area contributed by atoms with E-state index in [0.717, 1.165) is 7.11 Å². The number of hydrogen-bond donors (Lipinski definition) is 2. The highest BCUT2D eigenvalue weighted by molar-refractivity contribution is 5.91. The standard InChI is InChI=1S/C8H12N4O4/c1-16-8(15)9-7(14)5-12-4-6(2-3-13)10-11-12/h4,13H,2-3,5H2,1H3,(H,9,14,15). The number of aromatic nitrogens is 3. The van der Waals surface area contributed by atoms with Crippen LogP contribution >= 0.6 is 0 Å². The van der Waals surface area contributed by atoms with E-state index in [9.17, 15) is 9.59 Å². The van der Waals surface area contributed by atoms with E-state index in [-0.39, 0.29) is 13.2 Å². The zero-order valence-electron chi connectivity index (χ0n) is 8.71. The summed E-state index contributed by atoms with van der Waals surface area (Å²) in [6, 6.07) is 0. The van der Waals surface area contributed by atoms with E-state index in [1.54, 1.807) is 0 Å². The molecule has 0 aliphatic carbocycles. The number of carbonyl (C=O) groups is 2. The molecule has 0 spiro atoms. The molecule has 0 atom stereocenters. The molecule has 2 amide bonds. The van der Waals surface area contributed by atoms with Gasteiger partial charge in [0.2, 0.25) is 0 Å². The van der Waals surface area contributed by atoms with E-state index in [0.29, 0.717) is 12.1 Å². The Morgan fingerprint density at radius 1 is 1.62 bits per heavy atom. The zero-order valence-corrected chi connectivity index (χ0v) is 8.71. The molecule has 1 aromatic heterocycles. The minimum absolute atomic E-state index is 0.0347. The van der Waals surface area contributed by atoms with Crippen LogP contribution in [0.2, 0.25) is 0 Å². The Morgan fingerprint density at radius 2 is 2.38 bits per heavy atom. The fraction of sp³-hybridized carbons (Fsp3) is 0.500. The summed E-state index contributed by atoms with van der Waals surface area (Å²) in [6.45, 7) is -0.166. The second-order valence-corrected chi connectivity index (χ2v) is 2.92. The summed E-state index contributed by atoms with van der Waals surface area (Å²) in [4.78, 5) is 21.9. The fourth-order valence-electron chi connectivity index (χ4n) is 0.996. The number of nitrogens with one attached hydrogen (secondary N) is 1. The van der Waals surface area contributed by atoms with Crippen LogP contribution in [0.5, 0.6) is 0 Å². The Kier molecular flexibility index (Phi) is 4.40. The topological polar surface area (TPSA) is 106 Å². The van der Waals surface area contributed by atoms with Gasteiger partial charge in [-0.25, -0.2) is 9.48 Å². The predicted molar refractivity (Wildman–Crippen MR) is 51.4 cm³/mol. The van der Waals surface area contributed by atoms with Gasteiger partial charge in [-0.1, -0.05) is 5.21 Å². The van der Waals surface area contributed by atoms with Gasteiger partial charge in [-0.3, -0.25) is 10.1 Å². The van der Waals surface area contributed by atoms with E-state index in [4.69, 9.17) is 5.11 Å². The molecule has 2 N–H and O–H groups in total. The Bertz CT molecular complexity index is 376. The van der Waals surface area contributed by atoms with Gasteiger partial charge in [-0.2, -0.15) is 0 Å². The van der Waals surface area contributed by atoms with Crippen LogP contribution in [0.15, 0.2) is 6.20 Å². The highest BCUT2D eigenvalue weighted by Crippen LogP contribution is 1.93. The first-order valence-corrected chi connectivity index (χ1v) is 4.53. The number of alkyl carbamates (subject to hydrolysis) is 1. The lowest BCUT2D eigenvalue weighted by atomic mass is 10.3. The first-order chi connectivity index (χ1) is 7.65. The summed E-state index contributed by atoms with van der Waals surface area (Å²) >= 11 is 0. The molecule has 8 nitrogen and oxygen atoms in total. The fourth-order valence-corrected chi connectivity index (χ4v) is 0.996. The van der Waals surface area contributed by atoms with Crippen molar-refractivity contribution < 1.29 is 19.4 Å². The summed E-state index contributed by atoms with van der Waals surface area (Å²) in [6.07, 6.45) is 1.08. The third-order valence-corrected chi connectivity index (χ3v) is 1.69. The highest BCUT2D eigenvalue weighted by atomic mass is 16.5. The molecule has 0 fully saturated rings. The summed E-state index contributed by atoms with van der Waals surface area (Å²) in [5.74, 6) is -0.549. The lowest BCUT2D eigenvalue weighted by molar-refractivity contribution is -0.121. The summed E-state index contributed by atoms with van der Waals surface area (Å²) in [7, 11) is 1.16. The minimum atomic E-state index is -0.819. The van der Waals surface area contributed by atoms with Crippen LogP contribution in [-0.4, -0.2) is 45.8 Å². The molecule has 0 saturated heterocycles. The summed E-state index contributed by atoms with van der Waals surface area (Å²) in [5.41, 5.74) is 0.577.